The van der Waals surface area contributed by atoms with Gasteiger partial charge >= 0.3 is 0 Å². The summed E-state index contributed by atoms with van der Waals surface area (Å²) in [7, 11) is 0. The Labute approximate surface area is 174 Å². The summed E-state index contributed by atoms with van der Waals surface area (Å²) in [4.78, 5) is 25.2. The number of rotatable bonds is 3. The molecule has 2 heterocycles. The van der Waals surface area contributed by atoms with E-state index in [4.69, 9.17) is 4.99 Å². The van der Waals surface area contributed by atoms with Crippen LogP contribution in [-0.2, 0) is 4.79 Å². The highest BCUT2D eigenvalue weighted by Crippen LogP contribution is 2.40. The van der Waals surface area contributed by atoms with Crippen LogP contribution in [0.3, 0.4) is 0 Å². The first-order valence-electron chi connectivity index (χ1n) is 10.0. The number of carbonyl (C=O) groups is 1. The van der Waals surface area contributed by atoms with Gasteiger partial charge in [-0.05, 0) is 73.9 Å². The second kappa shape index (κ2) is 8.49. The monoisotopic (exact) mass is 409 g/mol. The molecule has 1 aliphatic heterocycles. The van der Waals surface area contributed by atoms with Crippen LogP contribution in [0, 0.1) is 12.7 Å². The van der Waals surface area contributed by atoms with Crippen LogP contribution in [-0.4, -0.2) is 27.0 Å². The number of nitrogens with zero attached hydrogens (tertiary/aromatic N) is 3. The third-order valence-corrected chi connectivity index (χ3v) is 6.61. The maximum absolute atomic E-state index is 13.4. The summed E-state index contributed by atoms with van der Waals surface area (Å²) in [5.74, 6) is 0.325. The van der Waals surface area contributed by atoms with Crippen LogP contribution >= 0.6 is 11.8 Å². The predicted octanol–water partition coefficient (Wildman–Crippen LogP) is 5.86. The van der Waals surface area contributed by atoms with Gasteiger partial charge in [-0.3, -0.25) is 9.69 Å². The number of hydrogen-bond donors (Lipinski definition) is 0. The third kappa shape index (κ3) is 4.27. The molecular formula is C23H24FN3OS. The number of aliphatic imine (C=N–C) groups is 1. The number of halogens is 1. The number of amidine groups is 1. The second-order valence-corrected chi connectivity index (χ2v) is 8.54. The SMILES string of the molecule is C/C(=C1/S/C(=N/c2cccc(C)n2)N(C2CCCCC2)C1=O)c1ccc(F)cc1. The molecular weight excluding hydrogens is 385 g/mol. The lowest BCUT2D eigenvalue weighted by atomic mass is 9.94. The molecule has 0 spiro atoms. The van der Waals surface area contributed by atoms with Crippen molar-refractivity contribution in [2.75, 3.05) is 0 Å². The van der Waals surface area contributed by atoms with Crippen molar-refractivity contribution in [2.24, 2.45) is 4.99 Å². The topological polar surface area (TPSA) is 45.6 Å². The molecule has 1 saturated heterocycles. The largest absolute Gasteiger partial charge is 0.283 e. The zero-order valence-electron chi connectivity index (χ0n) is 16.7. The van der Waals surface area contributed by atoms with Crippen LogP contribution in [0.25, 0.3) is 5.57 Å². The van der Waals surface area contributed by atoms with Crippen LogP contribution in [0.2, 0.25) is 0 Å². The van der Waals surface area contributed by atoms with E-state index in [-0.39, 0.29) is 17.8 Å². The van der Waals surface area contributed by atoms with Crippen molar-refractivity contribution in [2.45, 2.75) is 52.0 Å². The number of thioether (sulfide) groups is 1. The first-order chi connectivity index (χ1) is 14.0. The molecule has 6 heteroatoms. The van der Waals surface area contributed by atoms with Crippen molar-refractivity contribution in [1.82, 2.24) is 9.88 Å². The Hall–Kier alpha value is -2.47. The number of allylic oxidation sites excluding steroid dienone is 1. The number of carbonyl (C=O) groups excluding carboxylic acids is 1. The van der Waals surface area contributed by atoms with E-state index in [1.165, 1.54) is 30.3 Å². The minimum atomic E-state index is -0.284. The van der Waals surface area contributed by atoms with Gasteiger partial charge in [-0.2, -0.15) is 0 Å². The number of benzene rings is 1. The van der Waals surface area contributed by atoms with Gasteiger partial charge in [0.05, 0.1) is 4.91 Å². The fraction of sp³-hybridized carbons (Fsp3) is 0.348. The first kappa shape index (κ1) is 19.8. The minimum absolute atomic E-state index is 0.00451. The number of hydrogen-bond acceptors (Lipinski definition) is 4. The fourth-order valence-corrected chi connectivity index (χ4v) is 4.98. The van der Waals surface area contributed by atoms with Gasteiger partial charge in [-0.25, -0.2) is 14.4 Å². The van der Waals surface area contributed by atoms with Crippen molar-refractivity contribution in [3.8, 4) is 0 Å². The lowest BCUT2D eigenvalue weighted by Crippen LogP contribution is -2.40. The average molecular weight is 410 g/mol. The Morgan fingerprint density at radius 2 is 1.86 bits per heavy atom. The van der Waals surface area contributed by atoms with Crippen LogP contribution in [0.1, 0.15) is 50.3 Å². The molecule has 1 aliphatic carbocycles. The summed E-state index contributed by atoms with van der Waals surface area (Å²) in [6.07, 6.45) is 5.47. The lowest BCUT2D eigenvalue weighted by molar-refractivity contribution is -0.124. The number of aromatic nitrogens is 1. The molecule has 0 radical (unpaired) electrons. The van der Waals surface area contributed by atoms with Crippen molar-refractivity contribution >= 4 is 34.2 Å². The molecule has 0 N–H and O–H groups in total. The molecule has 29 heavy (non-hydrogen) atoms. The molecule has 2 aliphatic rings. The summed E-state index contributed by atoms with van der Waals surface area (Å²) in [6, 6.07) is 12.2. The normalized spacial score (nSPS) is 21.1. The summed E-state index contributed by atoms with van der Waals surface area (Å²) < 4.78 is 13.3. The second-order valence-electron chi connectivity index (χ2n) is 7.56. The summed E-state index contributed by atoms with van der Waals surface area (Å²) in [5.41, 5.74) is 2.59. The van der Waals surface area contributed by atoms with Crippen molar-refractivity contribution in [3.05, 3.63) is 64.4 Å². The Balaban J connectivity index is 1.75. The van der Waals surface area contributed by atoms with E-state index in [9.17, 15) is 9.18 Å². The van der Waals surface area contributed by atoms with Crippen molar-refractivity contribution < 1.29 is 9.18 Å². The lowest BCUT2D eigenvalue weighted by Gasteiger charge is -2.30. The Kier molecular flexibility index (Phi) is 5.81. The van der Waals surface area contributed by atoms with Gasteiger partial charge in [0.2, 0.25) is 0 Å². The molecule has 0 atom stereocenters. The minimum Gasteiger partial charge on any atom is -0.283 e. The highest BCUT2D eigenvalue weighted by atomic mass is 32.2. The van der Waals surface area contributed by atoms with Gasteiger partial charge < -0.3 is 0 Å². The van der Waals surface area contributed by atoms with Crippen LogP contribution < -0.4 is 0 Å². The molecule has 1 aromatic carbocycles. The number of pyridine rings is 1. The van der Waals surface area contributed by atoms with Gasteiger partial charge in [-0.1, -0.05) is 37.5 Å². The van der Waals surface area contributed by atoms with Gasteiger partial charge in [0, 0.05) is 11.7 Å². The number of aryl methyl sites for hydroxylation is 1. The Bertz CT molecular complexity index is 978. The molecule has 4 rings (SSSR count). The average Bonchev–Trinajstić information content (AvgIpc) is 3.04. The molecule has 2 fully saturated rings. The molecule has 4 nitrogen and oxygen atoms in total. The summed E-state index contributed by atoms with van der Waals surface area (Å²) in [6.45, 7) is 3.85. The van der Waals surface area contributed by atoms with E-state index in [0.717, 1.165) is 42.5 Å². The zero-order valence-corrected chi connectivity index (χ0v) is 17.5. The molecule has 0 bridgehead atoms. The number of amides is 1. The van der Waals surface area contributed by atoms with E-state index in [1.54, 1.807) is 12.1 Å². The first-order valence-corrected chi connectivity index (χ1v) is 10.8. The maximum atomic E-state index is 13.4. The van der Waals surface area contributed by atoms with Gasteiger partial charge in [-0.15, -0.1) is 0 Å². The molecule has 1 saturated carbocycles. The predicted molar refractivity (Wildman–Crippen MR) is 116 cm³/mol. The molecule has 2 aromatic rings. The Morgan fingerprint density at radius 1 is 1.14 bits per heavy atom. The summed E-state index contributed by atoms with van der Waals surface area (Å²) in [5, 5.41) is 0.691. The fourth-order valence-electron chi connectivity index (χ4n) is 3.88. The third-order valence-electron chi connectivity index (χ3n) is 5.45. The van der Waals surface area contributed by atoms with E-state index >= 15 is 0 Å². The van der Waals surface area contributed by atoms with E-state index in [1.807, 2.05) is 36.9 Å². The van der Waals surface area contributed by atoms with Crippen LogP contribution in [0.5, 0.6) is 0 Å². The van der Waals surface area contributed by atoms with Gasteiger partial charge in [0.15, 0.2) is 11.0 Å². The van der Waals surface area contributed by atoms with Crippen LogP contribution in [0.15, 0.2) is 52.4 Å². The van der Waals surface area contributed by atoms with Gasteiger partial charge in [0.25, 0.3) is 5.91 Å². The quantitative estimate of drug-likeness (QED) is 0.597. The van der Waals surface area contributed by atoms with Crippen molar-refractivity contribution in [3.63, 3.8) is 0 Å². The molecule has 1 aromatic heterocycles. The van der Waals surface area contributed by atoms with E-state index in [2.05, 4.69) is 4.98 Å². The highest BCUT2D eigenvalue weighted by molar-refractivity contribution is 8.18. The molecule has 0 unspecified atom stereocenters. The zero-order chi connectivity index (χ0) is 20.4. The standard InChI is InChI=1S/C23H24FN3OS/c1-15-7-6-10-20(25-15)26-23-27(19-8-4-3-5-9-19)22(28)21(29-23)16(2)17-11-13-18(24)14-12-17/h6-7,10-14,19H,3-5,8-9H2,1-2H3/b21-16-,26-23+. The van der Waals surface area contributed by atoms with E-state index < -0.39 is 0 Å². The maximum Gasteiger partial charge on any atom is 0.267 e. The van der Waals surface area contributed by atoms with Gasteiger partial charge in [0.1, 0.15) is 5.82 Å². The van der Waals surface area contributed by atoms with Crippen molar-refractivity contribution in [1.29, 1.82) is 0 Å². The molecule has 150 valence electrons. The summed E-state index contributed by atoms with van der Waals surface area (Å²) >= 11 is 1.40. The highest BCUT2D eigenvalue weighted by Gasteiger charge is 2.39. The van der Waals surface area contributed by atoms with Crippen LogP contribution in [0.4, 0.5) is 10.2 Å². The molecule has 1 amide bonds. The smallest absolute Gasteiger partial charge is 0.267 e. The van der Waals surface area contributed by atoms with E-state index in [0.29, 0.717) is 15.9 Å². The Morgan fingerprint density at radius 3 is 2.55 bits per heavy atom.